The number of hydrogen-bond donors (Lipinski definition) is 0. The van der Waals surface area contributed by atoms with E-state index in [1.54, 1.807) is 26.0 Å². The minimum atomic E-state index is -4.06. The second-order valence-corrected chi connectivity index (χ2v) is 10.5. The summed E-state index contributed by atoms with van der Waals surface area (Å²) in [4.78, 5) is 12.6. The van der Waals surface area contributed by atoms with Gasteiger partial charge in [0.1, 0.15) is 5.69 Å². The van der Waals surface area contributed by atoms with Crippen molar-refractivity contribution in [2.45, 2.75) is 64.6 Å². The van der Waals surface area contributed by atoms with Gasteiger partial charge in [-0.05, 0) is 65.7 Å². The zero-order valence-corrected chi connectivity index (χ0v) is 19.5. The largest absolute Gasteiger partial charge is 0.496 e. The lowest BCUT2D eigenvalue weighted by molar-refractivity contribution is 0.00578. The molecule has 0 bridgehead atoms. The first-order valence-corrected chi connectivity index (χ1v) is 11.1. The van der Waals surface area contributed by atoms with Crippen molar-refractivity contribution in [3.8, 4) is 0 Å². The Hall–Kier alpha value is -2.10. The normalized spacial score (nSPS) is 17.9. The molecule has 0 amide bonds. The first-order chi connectivity index (χ1) is 13.7. The molecule has 1 aromatic carbocycles. The standard InChI is InChI=1S/C21H28BNO6S/c1-13-9-14(2)18(15(3)10-13)30(25,26)23-12-16(11-17(23)19(24)27-8)22-28-20(4,5)21(6,7)29-22/h9-12H,1-8H3. The van der Waals surface area contributed by atoms with Crippen LogP contribution in [0.15, 0.2) is 29.3 Å². The Morgan fingerprint density at radius 3 is 1.97 bits per heavy atom. The Kier molecular flexibility index (Phi) is 5.46. The van der Waals surface area contributed by atoms with E-state index in [4.69, 9.17) is 14.0 Å². The third kappa shape index (κ3) is 3.59. The van der Waals surface area contributed by atoms with Crippen LogP contribution in [-0.4, -0.2) is 43.8 Å². The van der Waals surface area contributed by atoms with E-state index in [2.05, 4.69) is 0 Å². The predicted molar refractivity (Wildman–Crippen MR) is 115 cm³/mol. The topological polar surface area (TPSA) is 83.8 Å². The van der Waals surface area contributed by atoms with Gasteiger partial charge in [-0.15, -0.1) is 0 Å². The second kappa shape index (κ2) is 7.25. The molecular formula is C21H28BNO6S. The summed E-state index contributed by atoms with van der Waals surface area (Å²) in [5.41, 5.74) is 1.29. The van der Waals surface area contributed by atoms with E-state index in [0.717, 1.165) is 9.54 Å². The molecule has 2 aromatic rings. The minimum Gasteiger partial charge on any atom is -0.464 e. The fourth-order valence-corrected chi connectivity index (χ4v) is 5.47. The van der Waals surface area contributed by atoms with E-state index < -0.39 is 34.3 Å². The second-order valence-electron chi connectivity index (χ2n) is 8.77. The Labute approximate surface area is 178 Å². The van der Waals surface area contributed by atoms with Gasteiger partial charge in [-0.1, -0.05) is 17.7 Å². The van der Waals surface area contributed by atoms with Crippen molar-refractivity contribution in [2.75, 3.05) is 7.11 Å². The number of rotatable bonds is 4. The molecule has 0 saturated carbocycles. The maximum Gasteiger partial charge on any atom is 0.496 e. The fourth-order valence-electron chi connectivity index (χ4n) is 3.70. The molecule has 3 rings (SSSR count). The monoisotopic (exact) mass is 433 g/mol. The van der Waals surface area contributed by atoms with Crippen LogP contribution in [0.5, 0.6) is 0 Å². The van der Waals surface area contributed by atoms with Gasteiger partial charge in [0.15, 0.2) is 0 Å². The number of esters is 1. The van der Waals surface area contributed by atoms with Crippen molar-refractivity contribution in [3.05, 3.63) is 46.8 Å². The van der Waals surface area contributed by atoms with Crippen LogP contribution in [0.4, 0.5) is 0 Å². The van der Waals surface area contributed by atoms with E-state index in [-0.39, 0.29) is 10.6 Å². The number of aromatic nitrogens is 1. The molecule has 0 spiro atoms. The summed E-state index contributed by atoms with van der Waals surface area (Å²) in [5, 5.41) is 0. The highest BCUT2D eigenvalue weighted by Gasteiger charge is 2.52. The van der Waals surface area contributed by atoms with Gasteiger partial charge in [-0.3, -0.25) is 0 Å². The third-order valence-electron chi connectivity index (χ3n) is 5.85. The van der Waals surface area contributed by atoms with E-state index in [9.17, 15) is 13.2 Å². The van der Waals surface area contributed by atoms with Crippen molar-refractivity contribution in [1.82, 2.24) is 3.97 Å². The number of benzene rings is 1. The van der Waals surface area contributed by atoms with Crippen LogP contribution in [0, 0.1) is 20.8 Å². The smallest absolute Gasteiger partial charge is 0.464 e. The minimum absolute atomic E-state index is 0.110. The SMILES string of the molecule is COC(=O)c1cc(B2OC(C)(C)C(C)(C)O2)cn1S(=O)(=O)c1c(C)cc(C)cc1C. The molecule has 0 radical (unpaired) electrons. The van der Waals surface area contributed by atoms with Gasteiger partial charge in [0.2, 0.25) is 0 Å². The quantitative estimate of drug-likeness (QED) is 0.545. The molecule has 1 saturated heterocycles. The van der Waals surface area contributed by atoms with Gasteiger partial charge in [0.05, 0.1) is 23.2 Å². The number of aryl methyl sites for hydroxylation is 3. The lowest BCUT2D eigenvalue weighted by Crippen LogP contribution is -2.41. The Balaban J connectivity index is 2.17. The summed E-state index contributed by atoms with van der Waals surface area (Å²) in [6, 6.07) is 5.05. The van der Waals surface area contributed by atoms with Gasteiger partial charge >= 0.3 is 13.1 Å². The zero-order chi connectivity index (χ0) is 22.6. The summed E-state index contributed by atoms with van der Waals surface area (Å²) >= 11 is 0. The van der Waals surface area contributed by atoms with Gasteiger partial charge in [-0.25, -0.2) is 17.2 Å². The van der Waals surface area contributed by atoms with E-state index >= 15 is 0 Å². The Morgan fingerprint density at radius 1 is 1.00 bits per heavy atom. The van der Waals surface area contributed by atoms with Gasteiger partial charge in [0.25, 0.3) is 10.0 Å². The first kappa shape index (κ1) is 22.6. The average molecular weight is 433 g/mol. The van der Waals surface area contributed by atoms with Crippen molar-refractivity contribution in [3.63, 3.8) is 0 Å². The van der Waals surface area contributed by atoms with Gasteiger partial charge in [-0.2, -0.15) is 0 Å². The molecule has 0 atom stereocenters. The highest BCUT2D eigenvalue weighted by atomic mass is 32.2. The summed E-state index contributed by atoms with van der Waals surface area (Å²) in [5.74, 6) is -0.760. The van der Waals surface area contributed by atoms with Crippen LogP contribution < -0.4 is 5.46 Å². The van der Waals surface area contributed by atoms with Crippen LogP contribution >= 0.6 is 0 Å². The molecule has 30 heavy (non-hydrogen) atoms. The molecular weight excluding hydrogens is 405 g/mol. The van der Waals surface area contributed by atoms with Crippen molar-refractivity contribution < 1.29 is 27.3 Å². The van der Waals surface area contributed by atoms with E-state index in [0.29, 0.717) is 16.6 Å². The van der Waals surface area contributed by atoms with E-state index in [1.807, 2.05) is 34.6 Å². The molecule has 0 N–H and O–H groups in total. The summed E-state index contributed by atoms with van der Waals surface area (Å²) in [6.07, 6.45) is 1.38. The Bertz CT molecular complexity index is 1080. The van der Waals surface area contributed by atoms with Crippen molar-refractivity contribution >= 4 is 28.6 Å². The molecule has 1 aromatic heterocycles. The predicted octanol–water partition coefficient (Wildman–Crippen LogP) is 2.74. The molecule has 162 valence electrons. The fraction of sp³-hybridized carbons (Fsp3) is 0.476. The van der Waals surface area contributed by atoms with Crippen LogP contribution in [-0.2, 0) is 24.1 Å². The molecule has 0 unspecified atom stereocenters. The lowest BCUT2D eigenvalue weighted by Gasteiger charge is -2.32. The summed E-state index contributed by atoms with van der Waals surface area (Å²) in [6.45, 7) is 13.0. The highest BCUT2D eigenvalue weighted by molar-refractivity contribution is 7.90. The number of carbonyl (C=O) groups excluding carboxylic acids is 1. The lowest BCUT2D eigenvalue weighted by atomic mass is 9.81. The van der Waals surface area contributed by atoms with Crippen LogP contribution in [0.3, 0.4) is 0 Å². The maximum absolute atomic E-state index is 13.6. The summed E-state index contributed by atoms with van der Waals surface area (Å²) < 4.78 is 45.0. The van der Waals surface area contributed by atoms with Gasteiger partial charge < -0.3 is 14.0 Å². The molecule has 1 aliphatic rings. The number of nitrogens with zero attached hydrogens (tertiary/aromatic N) is 1. The molecule has 2 heterocycles. The number of hydrogen-bond acceptors (Lipinski definition) is 6. The molecule has 0 aliphatic carbocycles. The molecule has 1 fully saturated rings. The van der Waals surface area contributed by atoms with Crippen LogP contribution in [0.2, 0.25) is 0 Å². The molecule has 9 heteroatoms. The van der Waals surface area contributed by atoms with Crippen molar-refractivity contribution in [2.24, 2.45) is 0 Å². The summed E-state index contributed by atoms with van der Waals surface area (Å²) in [7, 11) is -3.66. The third-order valence-corrected chi connectivity index (χ3v) is 7.83. The number of methoxy groups -OCH3 is 1. The number of ether oxygens (including phenoxy) is 1. The van der Waals surface area contributed by atoms with Crippen LogP contribution in [0.1, 0.15) is 54.9 Å². The Morgan fingerprint density at radius 2 is 1.50 bits per heavy atom. The number of carbonyl (C=O) groups is 1. The molecule has 7 nitrogen and oxygen atoms in total. The van der Waals surface area contributed by atoms with E-state index in [1.165, 1.54) is 19.4 Å². The highest BCUT2D eigenvalue weighted by Crippen LogP contribution is 2.36. The zero-order valence-electron chi connectivity index (χ0n) is 18.7. The van der Waals surface area contributed by atoms with Crippen LogP contribution in [0.25, 0.3) is 0 Å². The van der Waals surface area contributed by atoms with Crippen molar-refractivity contribution in [1.29, 1.82) is 0 Å². The molecule has 1 aliphatic heterocycles. The first-order valence-electron chi connectivity index (χ1n) is 9.71. The van der Waals surface area contributed by atoms with Gasteiger partial charge in [0, 0.05) is 11.7 Å². The maximum atomic E-state index is 13.6. The average Bonchev–Trinajstić information content (AvgIpc) is 3.13.